The number of aryl methyl sites for hydroxylation is 3. The maximum atomic E-state index is 13.3. The van der Waals surface area contributed by atoms with Crippen molar-refractivity contribution < 1.29 is 13.2 Å². The molecule has 142 valence electrons. The number of carbonyl (C=O) groups excluding carboxylic acids is 1. The topological polar surface area (TPSA) is 57.7 Å². The Morgan fingerprint density at radius 1 is 0.963 bits per heavy atom. The highest BCUT2D eigenvalue weighted by Gasteiger charge is 2.54. The van der Waals surface area contributed by atoms with E-state index in [2.05, 4.69) is 0 Å². The van der Waals surface area contributed by atoms with Crippen LogP contribution in [0, 0.1) is 20.8 Å². The first-order valence-corrected chi connectivity index (χ1v) is 11.0. The Balaban J connectivity index is 1.75. The lowest BCUT2D eigenvalue weighted by atomic mass is 10.1. The number of rotatable bonds is 3. The molecule has 2 fully saturated rings. The van der Waals surface area contributed by atoms with Gasteiger partial charge in [0, 0.05) is 12.2 Å². The number of anilines is 1. The predicted molar refractivity (Wildman–Crippen MR) is 107 cm³/mol. The summed E-state index contributed by atoms with van der Waals surface area (Å²) < 4.78 is 24.7. The highest BCUT2D eigenvalue weighted by molar-refractivity contribution is 7.91. The molecule has 6 heteroatoms. The molecule has 2 aliphatic heterocycles. The zero-order chi connectivity index (χ0) is 19.3. The van der Waals surface area contributed by atoms with Gasteiger partial charge in [0.1, 0.15) is 0 Å². The number of hydrogen-bond donors (Lipinski definition) is 0. The number of carbonyl (C=O) groups is 1. The van der Waals surface area contributed by atoms with Gasteiger partial charge in [-0.05, 0) is 43.5 Å². The smallest absolute Gasteiger partial charge is 0.314 e. The fourth-order valence-electron chi connectivity index (χ4n) is 4.23. The molecule has 2 atom stereocenters. The van der Waals surface area contributed by atoms with Gasteiger partial charge in [0.05, 0.1) is 23.6 Å². The summed E-state index contributed by atoms with van der Waals surface area (Å²) in [5, 5.41) is 0. The van der Waals surface area contributed by atoms with Gasteiger partial charge in [-0.3, -0.25) is 4.90 Å². The number of benzene rings is 2. The Morgan fingerprint density at radius 2 is 1.67 bits per heavy atom. The van der Waals surface area contributed by atoms with E-state index in [4.69, 9.17) is 0 Å². The second kappa shape index (κ2) is 6.37. The number of amides is 2. The molecule has 0 aliphatic carbocycles. The minimum atomic E-state index is -3.16. The van der Waals surface area contributed by atoms with Gasteiger partial charge in [-0.1, -0.05) is 42.0 Å². The SMILES string of the molecule is Cc1cccc(CN2C(=O)N(c3cc(C)ccc3C)[C@@H]3CS(=O)(=O)C[C@H]32)c1. The summed E-state index contributed by atoms with van der Waals surface area (Å²) in [6.07, 6.45) is 0. The van der Waals surface area contributed by atoms with E-state index in [1.807, 2.05) is 63.2 Å². The van der Waals surface area contributed by atoms with E-state index < -0.39 is 9.84 Å². The molecule has 0 N–H and O–H groups in total. The summed E-state index contributed by atoms with van der Waals surface area (Å²) in [7, 11) is -3.16. The minimum absolute atomic E-state index is 0.0289. The molecule has 2 aromatic carbocycles. The van der Waals surface area contributed by atoms with Crippen LogP contribution in [0.2, 0.25) is 0 Å². The quantitative estimate of drug-likeness (QED) is 0.764. The predicted octanol–water partition coefficient (Wildman–Crippen LogP) is 3.22. The maximum Gasteiger partial charge on any atom is 0.325 e. The molecule has 0 aromatic heterocycles. The number of urea groups is 1. The van der Waals surface area contributed by atoms with E-state index >= 15 is 0 Å². The molecule has 2 aliphatic rings. The molecule has 2 amide bonds. The van der Waals surface area contributed by atoms with E-state index in [0.29, 0.717) is 6.54 Å². The van der Waals surface area contributed by atoms with Gasteiger partial charge in [-0.25, -0.2) is 13.2 Å². The zero-order valence-electron chi connectivity index (χ0n) is 15.8. The van der Waals surface area contributed by atoms with Gasteiger partial charge < -0.3 is 4.90 Å². The third kappa shape index (κ3) is 3.23. The summed E-state index contributed by atoms with van der Waals surface area (Å²) in [6, 6.07) is 13.3. The van der Waals surface area contributed by atoms with Crippen LogP contribution in [0.3, 0.4) is 0 Å². The number of nitrogens with zero attached hydrogens (tertiary/aromatic N) is 2. The summed E-state index contributed by atoms with van der Waals surface area (Å²) >= 11 is 0. The average molecular weight is 385 g/mol. The Morgan fingerprint density at radius 3 is 2.41 bits per heavy atom. The van der Waals surface area contributed by atoms with Gasteiger partial charge in [-0.2, -0.15) is 0 Å². The summed E-state index contributed by atoms with van der Waals surface area (Å²) in [6.45, 7) is 6.39. The highest BCUT2D eigenvalue weighted by Crippen LogP contribution is 2.37. The van der Waals surface area contributed by atoms with E-state index in [1.54, 1.807) is 9.80 Å². The van der Waals surface area contributed by atoms with E-state index in [0.717, 1.165) is 27.9 Å². The van der Waals surface area contributed by atoms with Crippen molar-refractivity contribution in [3.8, 4) is 0 Å². The first kappa shape index (κ1) is 18.0. The van der Waals surface area contributed by atoms with Crippen molar-refractivity contribution >= 4 is 21.6 Å². The number of sulfone groups is 1. The van der Waals surface area contributed by atoms with Crippen molar-refractivity contribution in [3.05, 3.63) is 64.7 Å². The fourth-order valence-corrected chi connectivity index (χ4v) is 6.18. The van der Waals surface area contributed by atoms with Gasteiger partial charge >= 0.3 is 6.03 Å². The second-order valence-corrected chi connectivity index (χ2v) is 9.92. The van der Waals surface area contributed by atoms with Crippen LogP contribution in [0.15, 0.2) is 42.5 Å². The van der Waals surface area contributed by atoms with Crippen molar-refractivity contribution in [3.63, 3.8) is 0 Å². The molecule has 0 radical (unpaired) electrons. The average Bonchev–Trinajstić information content (AvgIpc) is 3.01. The monoisotopic (exact) mass is 384 g/mol. The molecule has 0 bridgehead atoms. The Labute approximate surface area is 160 Å². The van der Waals surface area contributed by atoms with Gasteiger partial charge in [0.25, 0.3) is 0 Å². The minimum Gasteiger partial charge on any atom is -0.314 e. The van der Waals surface area contributed by atoms with Crippen LogP contribution < -0.4 is 4.90 Å². The van der Waals surface area contributed by atoms with Crippen LogP contribution in [-0.2, 0) is 16.4 Å². The van der Waals surface area contributed by atoms with Crippen LogP contribution in [0.5, 0.6) is 0 Å². The molecule has 0 spiro atoms. The van der Waals surface area contributed by atoms with Gasteiger partial charge in [-0.15, -0.1) is 0 Å². The molecule has 4 rings (SSSR count). The third-order valence-electron chi connectivity index (χ3n) is 5.54. The maximum absolute atomic E-state index is 13.3. The van der Waals surface area contributed by atoms with Gasteiger partial charge in [0.2, 0.25) is 0 Å². The first-order chi connectivity index (χ1) is 12.7. The van der Waals surface area contributed by atoms with E-state index in [-0.39, 0.29) is 29.6 Å². The number of fused-ring (bicyclic) bond motifs is 1. The molecule has 27 heavy (non-hydrogen) atoms. The van der Waals surface area contributed by atoms with Crippen molar-refractivity contribution in [2.24, 2.45) is 0 Å². The molecular formula is C21H24N2O3S. The number of hydrogen-bond acceptors (Lipinski definition) is 3. The first-order valence-electron chi connectivity index (χ1n) is 9.18. The fraction of sp³-hybridized carbons (Fsp3) is 0.381. The third-order valence-corrected chi connectivity index (χ3v) is 7.24. The Bertz CT molecular complexity index is 1020. The lowest BCUT2D eigenvalue weighted by Crippen LogP contribution is -2.38. The van der Waals surface area contributed by atoms with Crippen molar-refractivity contribution in [2.45, 2.75) is 39.4 Å². The van der Waals surface area contributed by atoms with Crippen molar-refractivity contribution in [1.82, 2.24) is 4.90 Å². The molecular weight excluding hydrogens is 360 g/mol. The van der Waals surface area contributed by atoms with Crippen molar-refractivity contribution in [1.29, 1.82) is 0 Å². The Hall–Kier alpha value is -2.34. The molecule has 2 saturated heterocycles. The van der Waals surface area contributed by atoms with Crippen LogP contribution in [0.25, 0.3) is 0 Å². The Kier molecular flexibility index (Phi) is 4.26. The lowest BCUT2D eigenvalue weighted by molar-refractivity contribution is 0.206. The standard InChI is InChI=1S/C21H24N2O3S/c1-14-5-4-6-17(9-14)11-22-19-12-27(25,26)13-20(19)23(21(22)24)18-10-15(2)7-8-16(18)3/h4-10,19-20H,11-13H2,1-3H3/t19-,20-/m1/s1. The summed E-state index contributed by atoms with van der Waals surface area (Å²) in [5.74, 6) is 0.0672. The second-order valence-electron chi connectivity index (χ2n) is 7.77. The lowest BCUT2D eigenvalue weighted by Gasteiger charge is -2.24. The molecule has 2 aromatic rings. The largest absolute Gasteiger partial charge is 0.325 e. The van der Waals surface area contributed by atoms with E-state index in [9.17, 15) is 13.2 Å². The summed E-state index contributed by atoms with van der Waals surface area (Å²) in [4.78, 5) is 16.8. The van der Waals surface area contributed by atoms with Gasteiger partial charge in [0.15, 0.2) is 9.84 Å². The zero-order valence-corrected chi connectivity index (χ0v) is 16.7. The van der Waals surface area contributed by atoms with Crippen LogP contribution in [0.4, 0.5) is 10.5 Å². The van der Waals surface area contributed by atoms with Crippen LogP contribution >= 0.6 is 0 Å². The molecule has 2 heterocycles. The van der Waals surface area contributed by atoms with E-state index in [1.165, 1.54) is 0 Å². The van der Waals surface area contributed by atoms with Crippen molar-refractivity contribution in [2.75, 3.05) is 16.4 Å². The normalized spacial score (nSPS) is 23.7. The van der Waals surface area contributed by atoms with Crippen LogP contribution in [-0.4, -0.2) is 42.9 Å². The highest BCUT2D eigenvalue weighted by atomic mass is 32.2. The van der Waals surface area contributed by atoms with Crippen LogP contribution in [0.1, 0.15) is 22.3 Å². The molecule has 0 saturated carbocycles. The molecule has 0 unspecified atom stereocenters. The molecule has 5 nitrogen and oxygen atoms in total. The summed E-state index contributed by atoms with van der Waals surface area (Å²) in [5.41, 5.74) is 5.00.